The van der Waals surface area contributed by atoms with Crippen molar-refractivity contribution in [3.05, 3.63) is 0 Å². The molecule has 114 valence electrons. The average Bonchev–Trinajstić information content (AvgIpc) is 2.65. The molecule has 0 aliphatic carbocycles. The fraction of sp³-hybridized carbons (Fsp3) is 0.857. The summed E-state index contributed by atoms with van der Waals surface area (Å²) in [6.07, 6.45) is 4.54. The van der Waals surface area contributed by atoms with E-state index in [4.69, 9.17) is 0 Å². The van der Waals surface area contributed by atoms with Crippen LogP contribution in [0.3, 0.4) is 0 Å². The van der Waals surface area contributed by atoms with Gasteiger partial charge in [0.2, 0.25) is 11.8 Å². The van der Waals surface area contributed by atoms with Crippen LogP contribution in [0.4, 0.5) is 0 Å². The van der Waals surface area contributed by atoms with Crippen LogP contribution in [0.1, 0.15) is 32.1 Å². The Balaban J connectivity index is 0.00000147. The number of amides is 2. The maximum Gasteiger partial charge on any atom is 0.226 e. The molecule has 0 spiro atoms. The number of nitrogens with one attached hydrogen (secondary N) is 1. The summed E-state index contributed by atoms with van der Waals surface area (Å²) in [4.78, 5) is 28.4. The molecule has 6 heteroatoms. The molecule has 3 heterocycles. The molecule has 3 aliphatic rings. The molecule has 3 rings (SSSR count). The fourth-order valence-corrected chi connectivity index (χ4v) is 3.71. The zero-order valence-corrected chi connectivity index (χ0v) is 12.8. The first-order valence-electron chi connectivity index (χ1n) is 7.43. The van der Waals surface area contributed by atoms with Gasteiger partial charge in [-0.25, -0.2) is 0 Å². The van der Waals surface area contributed by atoms with Crippen molar-refractivity contribution in [2.45, 2.75) is 44.2 Å². The molecule has 0 aromatic rings. The number of piperidine rings is 1. The summed E-state index contributed by atoms with van der Waals surface area (Å²) in [5, 5.41) is 3.41. The highest BCUT2D eigenvalue weighted by Gasteiger charge is 2.41. The Labute approximate surface area is 126 Å². The van der Waals surface area contributed by atoms with Crippen molar-refractivity contribution >= 4 is 24.2 Å². The van der Waals surface area contributed by atoms with Crippen LogP contribution in [-0.4, -0.2) is 60.4 Å². The van der Waals surface area contributed by atoms with Gasteiger partial charge in [-0.05, 0) is 32.2 Å². The first-order chi connectivity index (χ1) is 9.16. The Bertz CT molecular complexity index is 377. The van der Waals surface area contributed by atoms with E-state index in [1.54, 1.807) is 4.90 Å². The van der Waals surface area contributed by atoms with Crippen LogP contribution in [0.25, 0.3) is 0 Å². The molecule has 0 radical (unpaired) electrons. The van der Waals surface area contributed by atoms with Crippen LogP contribution in [-0.2, 0) is 9.59 Å². The van der Waals surface area contributed by atoms with Gasteiger partial charge in [0.25, 0.3) is 0 Å². The predicted octanol–water partition coefficient (Wildman–Crippen LogP) is 0.630. The van der Waals surface area contributed by atoms with Crippen molar-refractivity contribution in [1.82, 2.24) is 15.1 Å². The average molecular weight is 302 g/mol. The molecular weight excluding hydrogens is 278 g/mol. The van der Waals surface area contributed by atoms with Gasteiger partial charge >= 0.3 is 0 Å². The third kappa shape index (κ3) is 2.79. The van der Waals surface area contributed by atoms with Gasteiger partial charge in [-0.2, -0.15) is 0 Å². The van der Waals surface area contributed by atoms with Crippen molar-refractivity contribution in [1.29, 1.82) is 0 Å². The van der Waals surface area contributed by atoms with Gasteiger partial charge in [0.1, 0.15) is 0 Å². The second-order valence-electron chi connectivity index (χ2n) is 6.13. The molecule has 3 fully saturated rings. The van der Waals surface area contributed by atoms with E-state index in [0.29, 0.717) is 18.5 Å². The molecule has 2 bridgehead atoms. The lowest BCUT2D eigenvalue weighted by Crippen LogP contribution is -2.48. The molecule has 3 unspecified atom stereocenters. The number of carbonyl (C=O) groups is 2. The number of hydrogen-bond donors (Lipinski definition) is 1. The van der Waals surface area contributed by atoms with Gasteiger partial charge < -0.3 is 15.1 Å². The first kappa shape index (κ1) is 15.6. The van der Waals surface area contributed by atoms with E-state index in [-0.39, 0.29) is 30.1 Å². The monoisotopic (exact) mass is 301 g/mol. The number of likely N-dealkylation sites (tertiary alicyclic amines) is 1. The molecule has 3 saturated heterocycles. The maximum atomic E-state index is 12.7. The number of fused-ring (bicyclic) bond motifs is 2. The highest BCUT2D eigenvalue weighted by Crippen LogP contribution is 2.31. The second-order valence-corrected chi connectivity index (χ2v) is 6.13. The normalized spacial score (nSPS) is 33.6. The third-order valence-electron chi connectivity index (χ3n) is 4.92. The Kier molecular flexibility index (Phi) is 4.91. The molecular formula is C14H24ClN3O2. The van der Waals surface area contributed by atoms with Gasteiger partial charge in [0.05, 0.1) is 0 Å². The highest BCUT2D eigenvalue weighted by molar-refractivity contribution is 5.87. The molecule has 1 N–H and O–H groups in total. The number of hydrogen-bond acceptors (Lipinski definition) is 3. The molecule has 5 nitrogen and oxygen atoms in total. The number of rotatable bonds is 1. The summed E-state index contributed by atoms with van der Waals surface area (Å²) in [5.74, 6) is 0.271. The minimum absolute atomic E-state index is 0. The molecule has 0 aromatic carbocycles. The standard InChI is InChI=1S/C14H23N3O2.ClH/c1-16-7-5-10(8-13(16)18)14(19)17-11-2-3-12(17)9-15-6-4-11;/h10-12,15H,2-9H2,1H3;1H. The second kappa shape index (κ2) is 6.31. The summed E-state index contributed by atoms with van der Waals surface area (Å²) in [7, 11) is 1.82. The van der Waals surface area contributed by atoms with E-state index >= 15 is 0 Å². The van der Waals surface area contributed by atoms with Gasteiger partial charge in [-0.15, -0.1) is 12.4 Å². The number of halogens is 1. The number of nitrogens with zero attached hydrogens (tertiary/aromatic N) is 2. The van der Waals surface area contributed by atoms with Crippen molar-refractivity contribution < 1.29 is 9.59 Å². The molecule has 0 aromatic heterocycles. The Morgan fingerprint density at radius 2 is 1.95 bits per heavy atom. The maximum absolute atomic E-state index is 12.7. The Hall–Kier alpha value is -0.810. The zero-order valence-electron chi connectivity index (χ0n) is 12.0. The highest BCUT2D eigenvalue weighted by atomic mass is 35.5. The van der Waals surface area contributed by atoms with Gasteiger partial charge in [0.15, 0.2) is 0 Å². The molecule has 20 heavy (non-hydrogen) atoms. The zero-order chi connectivity index (χ0) is 13.4. The van der Waals surface area contributed by atoms with Crippen LogP contribution < -0.4 is 5.32 Å². The smallest absolute Gasteiger partial charge is 0.226 e. The number of carbonyl (C=O) groups excluding carboxylic acids is 2. The van der Waals surface area contributed by atoms with Crippen molar-refractivity contribution in [3.8, 4) is 0 Å². The minimum atomic E-state index is -0.0788. The summed E-state index contributed by atoms with van der Waals surface area (Å²) in [6, 6.07) is 0.761. The minimum Gasteiger partial charge on any atom is -0.346 e. The first-order valence-corrected chi connectivity index (χ1v) is 7.43. The lowest BCUT2D eigenvalue weighted by Gasteiger charge is -2.35. The van der Waals surface area contributed by atoms with E-state index in [9.17, 15) is 9.59 Å². The van der Waals surface area contributed by atoms with Crippen molar-refractivity contribution in [2.24, 2.45) is 5.92 Å². The van der Waals surface area contributed by atoms with E-state index in [2.05, 4.69) is 10.2 Å². The van der Waals surface area contributed by atoms with E-state index in [0.717, 1.165) is 45.3 Å². The topological polar surface area (TPSA) is 52.7 Å². The summed E-state index contributed by atoms with van der Waals surface area (Å²) in [5.41, 5.74) is 0. The fourth-order valence-electron chi connectivity index (χ4n) is 3.71. The van der Waals surface area contributed by atoms with Gasteiger partial charge in [0, 0.05) is 44.6 Å². The van der Waals surface area contributed by atoms with Crippen LogP contribution in [0, 0.1) is 5.92 Å². The largest absolute Gasteiger partial charge is 0.346 e. The van der Waals surface area contributed by atoms with Crippen LogP contribution in [0.2, 0.25) is 0 Å². The summed E-state index contributed by atoms with van der Waals surface area (Å²) in [6.45, 7) is 2.65. The molecule has 2 amide bonds. The Morgan fingerprint density at radius 1 is 1.20 bits per heavy atom. The van der Waals surface area contributed by atoms with Gasteiger partial charge in [-0.3, -0.25) is 9.59 Å². The molecule has 3 aliphatic heterocycles. The Morgan fingerprint density at radius 3 is 2.70 bits per heavy atom. The van der Waals surface area contributed by atoms with Crippen LogP contribution in [0.5, 0.6) is 0 Å². The molecule has 3 atom stereocenters. The SMILES string of the molecule is CN1CCC(C(=O)N2C3CCNCC2CC3)CC1=O.Cl. The lowest BCUT2D eigenvalue weighted by atomic mass is 9.94. The summed E-state index contributed by atoms with van der Waals surface area (Å²) >= 11 is 0. The van der Waals surface area contributed by atoms with Crippen LogP contribution >= 0.6 is 12.4 Å². The van der Waals surface area contributed by atoms with Gasteiger partial charge in [-0.1, -0.05) is 0 Å². The van der Waals surface area contributed by atoms with Crippen LogP contribution in [0.15, 0.2) is 0 Å². The lowest BCUT2D eigenvalue weighted by molar-refractivity contribution is -0.146. The van der Waals surface area contributed by atoms with E-state index < -0.39 is 0 Å². The van der Waals surface area contributed by atoms with Crippen molar-refractivity contribution in [3.63, 3.8) is 0 Å². The van der Waals surface area contributed by atoms with E-state index in [1.165, 1.54) is 0 Å². The predicted molar refractivity (Wildman–Crippen MR) is 78.8 cm³/mol. The quantitative estimate of drug-likeness (QED) is 0.773. The summed E-state index contributed by atoms with van der Waals surface area (Å²) < 4.78 is 0. The third-order valence-corrected chi connectivity index (χ3v) is 4.92. The molecule has 0 saturated carbocycles. The van der Waals surface area contributed by atoms with Crippen molar-refractivity contribution in [2.75, 3.05) is 26.7 Å². The van der Waals surface area contributed by atoms with E-state index in [1.807, 2.05) is 7.05 Å².